The van der Waals surface area contributed by atoms with Crippen molar-refractivity contribution >= 4 is 5.57 Å². The minimum absolute atomic E-state index is 0.231. The molecule has 0 aliphatic heterocycles. The molecule has 0 fully saturated rings. The molecule has 0 saturated heterocycles. The highest BCUT2D eigenvalue weighted by atomic mass is 14.2. The molecule has 0 amide bonds. The van der Waals surface area contributed by atoms with Gasteiger partial charge in [-0.25, -0.2) is 0 Å². The summed E-state index contributed by atoms with van der Waals surface area (Å²) in [4.78, 5) is 0. The standard InChI is InChI=1S/C33H28/c1-25-20-31(27-16-10-5-11-17-27)24-32(21-25)30-19-18-29(26-12-8-4-9-13-26)22-33(23-30)28-14-6-2-3-7-15-28/h2,4-24,29H,3H2,1H3. The molecule has 1 atom stereocenters. The lowest BCUT2D eigenvalue weighted by Gasteiger charge is -2.11. The van der Waals surface area contributed by atoms with Crippen molar-refractivity contribution in [3.63, 3.8) is 0 Å². The molecule has 0 heterocycles. The Kier molecular flexibility index (Phi) is 6.17. The highest BCUT2D eigenvalue weighted by Crippen LogP contribution is 2.34. The Morgan fingerprint density at radius 1 is 0.667 bits per heavy atom. The lowest BCUT2D eigenvalue weighted by molar-refractivity contribution is 1.08. The molecule has 0 nitrogen and oxygen atoms in total. The molecule has 2 aliphatic carbocycles. The summed E-state index contributed by atoms with van der Waals surface area (Å²) in [5, 5.41) is 0. The van der Waals surface area contributed by atoms with Crippen molar-refractivity contribution in [2.24, 2.45) is 0 Å². The molecule has 1 unspecified atom stereocenters. The van der Waals surface area contributed by atoms with Crippen molar-refractivity contribution in [3.05, 3.63) is 161 Å². The van der Waals surface area contributed by atoms with Crippen LogP contribution in [0, 0.1) is 6.92 Å². The third-order valence-electron chi connectivity index (χ3n) is 6.17. The summed E-state index contributed by atoms with van der Waals surface area (Å²) in [7, 11) is 0. The van der Waals surface area contributed by atoms with Gasteiger partial charge < -0.3 is 0 Å². The summed E-state index contributed by atoms with van der Waals surface area (Å²) in [5.41, 5.74) is 10.1. The van der Waals surface area contributed by atoms with Gasteiger partial charge in [0.25, 0.3) is 0 Å². The van der Waals surface area contributed by atoms with Crippen LogP contribution in [0.3, 0.4) is 0 Å². The topological polar surface area (TPSA) is 0 Å². The maximum atomic E-state index is 2.39. The van der Waals surface area contributed by atoms with Gasteiger partial charge in [0, 0.05) is 5.92 Å². The molecular weight excluding hydrogens is 396 g/mol. The van der Waals surface area contributed by atoms with E-state index in [-0.39, 0.29) is 5.92 Å². The summed E-state index contributed by atoms with van der Waals surface area (Å²) in [6.45, 7) is 2.18. The van der Waals surface area contributed by atoms with E-state index in [1.54, 1.807) is 0 Å². The number of aryl methyl sites for hydroxylation is 1. The largest absolute Gasteiger partial charge is 0.0807 e. The first-order chi connectivity index (χ1) is 16.3. The van der Waals surface area contributed by atoms with Crippen molar-refractivity contribution < 1.29 is 0 Å². The highest BCUT2D eigenvalue weighted by molar-refractivity contribution is 5.82. The van der Waals surface area contributed by atoms with Crippen LogP contribution < -0.4 is 0 Å². The van der Waals surface area contributed by atoms with Gasteiger partial charge in [-0.2, -0.15) is 0 Å². The van der Waals surface area contributed by atoms with Gasteiger partial charge in [-0.05, 0) is 70.0 Å². The first-order valence-electron chi connectivity index (χ1n) is 11.6. The third-order valence-corrected chi connectivity index (χ3v) is 6.17. The van der Waals surface area contributed by atoms with E-state index in [2.05, 4.69) is 140 Å². The van der Waals surface area contributed by atoms with Crippen LogP contribution in [-0.4, -0.2) is 0 Å². The van der Waals surface area contributed by atoms with Gasteiger partial charge in [-0.1, -0.05) is 121 Å². The van der Waals surface area contributed by atoms with Crippen LogP contribution in [0.1, 0.15) is 29.0 Å². The van der Waals surface area contributed by atoms with Crippen LogP contribution in [0.5, 0.6) is 0 Å². The Morgan fingerprint density at radius 2 is 1.42 bits per heavy atom. The molecule has 0 bridgehead atoms. The predicted octanol–water partition coefficient (Wildman–Crippen LogP) is 8.77. The molecule has 0 N–H and O–H groups in total. The number of hydrogen-bond donors (Lipinski definition) is 0. The average Bonchev–Trinajstić information content (AvgIpc) is 3.26. The Balaban J connectivity index is 1.62. The molecule has 5 rings (SSSR count). The SMILES string of the molecule is Cc1cc(C2=CC(C3=CC=CCC=C3)=CC(c3ccccc3)C=C2)cc(-c2ccccc2)c1. The molecule has 3 aromatic carbocycles. The van der Waals surface area contributed by atoms with Crippen LogP contribution in [0.2, 0.25) is 0 Å². The monoisotopic (exact) mass is 424 g/mol. The molecule has 33 heavy (non-hydrogen) atoms. The van der Waals surface area contributed by atoms with E-state index >= 15 is 0 Å². The van der Waals surface area contributed by atoms with Gasteiger partial charge in [0.2, 0.25) is 0 Å². The predicted molar refractivity (Wildman–Crippen MR) is 142 cm³/mol. The zero-order chi connectivity index (χ0) is 22.5. The average molecular weight is 425 g/mol. The van der Waals surface area contributed by atoms with Gasteiger partial charge in [-0.3, -0.25) is 0 Å². The molecular formula is C33H28. The number of allylic oxidation sites excluding steroid dienone is 12. The fraction of sp³-hybridized carbons (Fsp3) is 0.0909. The molecule has 0 heteroatoms. The van der Waals surface area contributed by atoms with Crippen molar-refractivity contribution in [1.29, 1.82) is 0 Å². The van der Waals surface area contributed by atoms with Crippen LogP contribution in [0.4, 0.5) is 0 Å². The molecule has 0 spiro atoms. The second-order valence-electron chi connectivity index (χ2n) is 8.66. The van der Waals surface area contributed by atoms with Crippen molar-refractivity contribution in [2.75, 3.05) is 0 Å². The van der Waals surface area contributed by atoms with E-state index < -0.39 is 0 Å². The van der Waals surface area contributed by atoms with Crippen molar-refractivity contribution in [2.45, 2.75) is 19.3 Å². The van der Waals surface area contributed by atoms with E-state index in [9.17, 15) is 0 Å². The van der Waals surface area contributed by atoms with Gasteiger partial charge in [0.1, 0.15) is 0 Å². The number of benzene rings is 3. The zero-order valence-electron chi connectivity index (χ0n) is 19.0. The number of rotatable bonds is 4. The summed E-state index contributed by atoms with van der Waals surface area (Å²) < 4.78 is 0. The van der Waals surface area contributed by atoms with E-state index in [0.29, 0.717) is 0 Å². The number of hydrogen-bond acceptors (Lipinski definition) is 0. The van der Waals surface area contributed by atoms with Gasteiger partial charge in [0.05, 0.1) is 0 Å². The first kappa shape index (κ1) is 21.0. The minimum atomic E-state index is 0.231. The Bertz CT molecular complexity index is 1310. The minimum Gasteiger partial charge on any atom is -0.0807 e. The van der Waals surface area contributed by atoms with E-state index in [0.717, 1.165) is 6.42 Å². The van der Waals surface area contributed by atoms with Crippen molar-refractivity contribution in [3.8, 4) is 11.1 Å². The Hall–Kier alpha value is -3.90. The summed E-state index contributed by atoms with van der Waals surface area (Å²) in [6.07, 6.45) is 21.4. The second-order valence-corrected chi connectivity index (χ2v) is 8.66. The smallest absolute Gasteiger partial charge is 0.0210 e. The Morgan fingerprint density at radius 3 is 2.24 bits per heavy atom. The van der Waals surface area contributed by atoms with Gasteiger partial charge in [-0.15, -0.1) is 0 Å². The van der Waals surface area contributed by atoms with Crippen LogP contribution >= 0.6 is 0 Å². The maximum absolute atomic E-state index is 2.39. The summed E-state index contributed by atoms with van der Waals surface area (Å²) >= 11 is 0. The fourth-order valence-corrected chi connectivity index (χ4v) is 4.48. The van der Waals surface area contributed by atoms with Crippen LogP contribution in [0.25, 0.3) is 16.7 Å². The Labute approximate surface area is 197 Å². The summed E-state index contributed by atoms with van der Waals surface area (Å²) in [6, 6.07) is 28.3. The fourth-order valence-electron chi connectivity index (χ4n) is 4.48. The third kappa shape index (κ3) is 4.96. The van der Waals surface area contributed by atoms with E-state index in [1.807, 2.05) is 0 Å². The lowest BCUT2D eigenvalue weighted by atomic mass is 9.93. The maximum Gasteiger partial charge on any atom is 0.0210 e. The van der Waals surface area contributed by atoms with Crippen molar-refractivity contribution in [1.82, 2.24) is 0 Å². The molecule has 0 saturated carbocycles. The normalized spacial score (nSPS) is 17.6. The van der Waals surface area contributed by atoms with Gasteiger partial charge >= 0.3 is 0 Å². The first-order valence-corrected chi connectivity index (χ1v) is 11.6. The van der Waals surface area contributed by atoms with E-state index in [1.165, 1.54) is 44.5 Å². The summed E-state index contributed by atoms with van der Waals surface area (Å²) in [5.74, 6) is 0.231. The zero-order valence-corrected chi connectivity index (χ0v) is 19.0. The van der Waals surface area contributed by atoms with Crippen LogP contribution in [0.15, 0.2) is 145 Å². The molecule has 0 aromatic heterocycles. The molecule has 2 aliphatic rings. The van der Waals surface area contributed by atoms with E-state index in [4.69, 9.17) is 0 Å². The van der Waals surface area contributed by atoms with Crippen LogP contribution in [-0.2, 0) is 0 Å². The second kappa shape index (κ2) is 9.71. The highest BCUT2D eigenvalue weighted by Gasteiger charge is 2.14. The molecule has 0 radical (unpaired) electrons. The van der Waals surface area contributed by atoms with Gasteiger partial charge in [0.15, 0.2) is 0 Å². The molecule has 160 valence electrons. The quantitative estimate of drug-likeness (QED) is 0.393. The lowest BCUT2D eigenvalue weighted by Crippen LogP contribution is -1.93. The molecule has 3 aromatic rings.